The highest BCUT2D eigenvalue weighted by Gasteiger charge is 2.14. The molecule has 1 aliphatic rings. The molecule has 2 heterocycles. The van der Waals surface area contributed by atoms with Crippen molar-refractivity contribution in [2.75, 3.05) is 12.2 Å². The molecule has 20 heavy (non-hydrogen) atoms. The van der Waals surface area contributed by atoms with Crippen molar-refractivity contribution in [2.45, 2.75) is 13.5 Å². The number of nitrogens with one attached hydrogen (secondary N) is 1. The van der Waals surface area contributed by atoms with Gasteiger partial charge in [0, 0.05) is 0 Å². The number of aromatic nitrogens is 2. The van der Waals surface area contributed by atoms with E-state index in [1.807, 2.05) is 25.1 Å². The molecule has 104 valence electrons. The minimum atomic E-state index is 0.260. The predicted molar refractivity (Wildman–Crippen MR) is 71.5 cm³/mol. The van der Waals surface area contributed by atoms with Gasteiger partial charge in [-0.05, 0) is 24.6 Å². The van der Waals surface area contributed by atoms with Gasteiger partial charge in [-0.1, -0.05) is 6.07 Å². The highest BCUT2D eigenvalue weighted by molar-refractivity contribution is 5.47. The third-order valence-electron chi connectivity index (χ3n) is 2.99. The Bertz CT molecular complexity index is 633. The molecule has 7 heteroatoms. The molecule has 3 N–H and O–H groups in total. The van der Waals surface area contributed by atoms with Crippen LogP contribution in [-0.2, 0) is 6.61 Å². The van der Waals surface area contributed by atoms with Crippen LogP contribution in [0.3, 0.4) is 0 Å². The molecule has 0 unspecified atom stereocenters. The zero-order chi connectivity index (χ0) is 13.9. The molecule has 0 spiro atoms. The molecule has 0 saturated heterocycles. The second-order valence-corrected chi connectivity index (χ2v) is 4.27. The van der Waals surface area contributed by atoms with Gasteiger partial charge in [0.15, 0.2) is 11.5 Å². The molecule has 1 aromatic carbocycles. The van der Waals surface area contributed by atoms with E-state index in [0.29, 0.717) is 18.3 Å². The molecule has 0 saturated carbocycles. The van der Waals surface area contributed by atoms with Crippen molar-refractivity contribution < 1.29 is 14.2 Å². The van der Waals surface area contributed by atoms with Gasteiger partial charge in [0.25, 0.3) is 0 Å². The predicted octanol–water partition coefficient (Wildman–Crippen LogP) is 1.38. The Labute approximate surface area is 115 Å². The van der Waals surface area contributed by atoms with Crippen molar-refractivity contribution >= 4 is 5.82 Å². The summed E-state index contributed by atoms with van der Waals surface area (Å²) < 4.78 is 16.3. The van der Waals surface area contributed by atoms with Crippen LogP contribution in [0.15, 0.2) is 24.5 Å². The fraction of sp³-hybridized carbons (Fsp3) is 0.231. The Morgan fingerprint density at radius 3 is 3.00 bits per heavy atom. The van der Waals surface area contributed by atoms with E-state index in [4.69, 9.17) is 20.1 Å². The summed E-state index contributed by atoms with van der Waals surface area (Å²) in [6.07, 6.45) is 1.40. The molecule has 2 aromatic rings. The van der Waals surface area contributed by atoms with Gasteiger partial charge in [-0.3, -0.25) is 0 Å². The van der Waals surface area contributed by atoms with Crippen LogP contribution in [0.2, 0.25) is 0 Å². The summed E-state index contributed by atoms with van der Waals surface area (Å²) in [7, 11) is 0. The van der Waals surface area contributed by atoms with Crippen LogP contribution >= 0.6 is 0 Å². The Hall–Kier alpha value is -2.54. The molecule has 0 aliphatic carbocycles. The number of nitrogen functional groups attached to an aromatic ring is 1. The first kappa shape index (κ1) is 12.5. The summed E-state index contributed by atoms with van der Waals surface area (Å²) in [5.74, 6) is 7.88. The molecule has 0 fully saturated rings. The highest BCUT2D eigenvalue weighted by atomic mass is 16.7. The molecule has 3 rings (SSSR count). The molecule has 1 aromatic heterocycles. The number of nitrogens with two attached hydrogens (primary N) is 1. The van der Waals surface area contributed by atoms with Crippen molar-refractivity contribution in [1.29, 1.82) is 0 Å². The third-order valence-corrected chi connectivity index (χ3v) is 2.99. The minimum absolute atomic E-state index is 0.260. The van der Waals surface area contributed by atoms with Gasteiger partial charge >= 0.3 is 0 Å². The average molecular weight is 274 g/mol. The molecule has 0 amide bonds. The lowest BCUT2D eigenvalue weighted by Gasteiger charge is -2.10. The molecular weight excluding hydrogens is 260 g/mol. The Kier molecular flexibility index (Phi) is 3.26. The Morgan fingerprint density at radius 2 is 2.15 bits per heavy atom. The van der Waals surface area contributed by atoms with E-state index in [2.05, 4.69) is 15.4 Å². The summed E-state index contributed by atoms with van der Waals surface area (Å²) >= 11 is 0. The smallest absolute Gasteiger partial charge is 0.231 e. The molecule has 0 bridgehead atoms. The van der Waals surface area contributed by atoms with E-state index in [0.717, 1.165) is 22.6 Å². The standard InChI is InChI=1S/C13H14N4O3/c1-8-12(17-14)15-6-16-13(8)18-5-9-2-3-10-11(4-9)20-7-19-10/h2-4,6H,5,7,14H2,1H3,(H,15,16,17). The molecular formula is C13H14N4O3. The molecule has 0 atom stereocenters. The fourth-order valence-electron chi connectivity index (χ4n) is 1.91. The number of benzene rings is 1. The van der Waals surface area contributed by atoms with Crippen molar-refractivity contribution in [1.82, 2.24) is 9.97 Å². The van der Waals surface area contributed by atoms with E-state index < -0.39 is 0 Å². The highest BCUT2D eigenvalue weighted by Crippen LogP contribution is 2.32. The first-order chi connectivity index (χ1) is 9.78. The summed E-state index contributed by atoms with van der Waals surface area (Å²) in [5.41, 5.74) is 4.23. The number of fused-ring (bicyclic) bond motifs is 1. The lowest BCUT2D eigenvalue weighted by Crippen LogP contribution is -2.11. The first-order valence-electron chi connectivity index (χ1n) is 6.07. The van der Waals surface area contributed by atoms with Gasteiger partial charge in [0.1, 0.15) is 18.8 Å². The Balaban J connectivity index is 1.73. The topological polar surface area (TPSA) is 91.5 Å². The largest absolute Gasteiger partial charge is 0.472 e. The monoisotopic (exact) mass is 274 g/mol. The summed E-state index contributed by atoms with van der Waals surface area (Å²) in [5, 5.41) is 0. The number of hydrogen-bond acceptors (Lipinski definition) is 7. The number of ether oxygens (including phenoxy) is 3. The Morgan fingerprint density at radius 1 is 1.30 bits per heavy atom. The SMILES string of the molecule is Cc1c(NN)ncnc1OCc1ccc2c(c1)OCO2. The quantitative estimate of drug-likeness (QED) is 0.642. The van der Waals surface area contributed by atoms with Gasteiger partial charge in [-0.25, -0.2) is 15.8 Å². The van der Waals surface area contributed by atoms with Crippen LogP contribution in [0.4, 0.5) is 5.82 Å². The van der Waals surface area contributed by atoms with Crippen molar-refractivity contribution in [3.8, 4) is 17.4 Å². The van der Waals surface area contributed by atoms with Gasteiger partial charge in [-0.2, -0.15) is 0 Å². The van der Waals surface area contributed by atoms with Crippen LogP contribution in [0.1, 0.15) is 11.1 Å². The third kappa shape index (κ3) is 2.30. The number of hydrogen-bond donors (Lipinski definition) is 2. The zero-order valence-corrected chi connectivity index (χ0v) is 10.9. The first-order valence-corrected chi connectivity index (χ1v) is 6.07. The molecule has 7 nitrogen and oxygen atoms in total. The van der Waals surface area contributed by atoms with Gasteiger partial charge < -0.3 is 19.6 Å². The van der Waals surface area contributed by atoms with Gasteiger partial charge in [0.05, 0.1) is 5.56 Å². The molecule has 1 aliphatic heterocycles. The van der Waals surface area contributed by atoms with Crippen LogP contribution in [-0.4, -0.2) is 16.8 Å². The minimum Gasteiger partial charge on any atom is -0.472 e. The van der Waals surface area contributed by atoms with Gasteiger partial charge in [-0.15, -0.1) is 0 Å². The molecule has 0 radical (unpaired) electrons. The van der Waals surface area contributed by atoms with E-state index in [1.165, 1.54) is 6.33 Å². The normalized spacial score (nSPS) is 12.3. The number of anilines is 1. The van der Waals surface area contributed by atoms with Crippen molar-refractivity contribution in [3.63, 3.8) is 0 Å². The summed E-state index contributed by atoms with van der Waals surface area (Å²) in [6.45, 7) is 2.47. The number of nitrogens with zero attached hydrogens (tertiary/aromatic N) is 2. The lowest BCUT2D eigenvalue weighted by atomic mass is 10.2. The fourth-order valence-corrected chi connectivity index (χ4v) is 1.91. The number of rotatable bonds is 4. The maximum absolute atomic E-state index is 5.68. The summed E-state index contributed by atoms with van der Waals surface area (Å²) in [4.78, 5) is 8.09. The van der Waals surface area contributed by atoms with Crippen LogP contribution in [0, 0.1) is 6.92 Å². The second-order valence-electron chi connectivity index (χ2n) is 4.27. The number of hydrazine groups is 1. The van der Waals surface area contributed by atoms with E-state index in [-0.39, 0.29) is 6.79 Å². The summed E-state index contributed by atoms with van der Waals surface area (Å²) in [6, 6.07) is 5.67. The van der Waals surface area contributed by atoms with Crippen LogP contribution in [0.25, 0.3) is 0 Å². The van der Waals surface area contributed by atoms with Gasteiger partial charge in [0.2, 0.25) is 12.7 Å². The van der Waals surface area contributed by atoms with E-state index in [1.54, 1.807) is 0 Å². The second kappa shape index (κ2) is 5.22. The van der Waals surface area contributed by atoms with Crippen molar-refractivity contribution in [2.24, 2.45) is 5.84 Å². The van der Waals surface area contributed by atoms with Crippen molar-refractivity contribution in [3.05, 3.63) is 35.7 Å². The van der Waals surface area contributed by atoms with Crippen LogP contribution in [0.5, 0.6) is 17.4 Å². The maximum Gasteiger partial charge on any atom is 0.231 e. The average Bonchev–Trinajstić information content (AvgIpc) is 2.93. The zero-order valence-electron chi connectivity index (χ0n) is 10.9. The maximum atomic E-state index is 5.68. The van der Waals surface area contributed by atoms with E-state index >= 15 is 0 Å². The van der Waals surface area contributed by atoms with E-state index in [9.17, 15) is 0 Å². The lowest BCUT2D eigenvalue weighted by molar-refractivity contribution is 0.174. The van der Waals surface area contributed by atoms with Crippen LogP contribution < -0.4 is 25.5 Å².